The van der Waals surface area contributed by atoms with E-state index >= 15 is 0 Å². The van der Waals surface area contributed by atoms with Gasteiger partial charge < -0.3 is 4.90 Å². The summed E-state index contributed by atoms with van der Waals surface area (Å²) in [6.07, 6.45) is 2.92. The van der Waals surface area contributed by atoms with E-state index in [1.54, 1.807) is 16.3 Å². The fourth-order valence-corrected chi connectivity index (χ4v) is 3.07. The number of thiophene rings is 1. The number of benzene rings is 1. The van der Waals surface area contributed by atoms with E-state index in [1.807, 2.05) is 31.6 Å². The van der Waals surface area contributed by atoms with Gasteiger partial charge in [0.15, 0.2) is 0 Å². The molecule has 1 aromatic carbocycles. The summed E-state index contributed by atoms with van der Waals surface area (Å²) in [5.74, 6) is 0. The SMILES string of the molecule is CN(C)c1ccc(C2C=C(c3cccs3)NN2C=O)cc1. The largest absolute Gasteiger partial charge is 0.378 e. The molecule has 3 rings (SSSR count). The van der Waals surface area contributed by atoms with Crippen molar-refractivity contribution in [3.05, 3.63) is 58.3 Å². The minimum absolute atomic E-state index is 0.0733. The fourth-order valence-electron chi connectivity index (χ4n) is 2.37. The standard InChI is InChI=1S/C16H17N3OS/c1-18(2)13-7-5-12(6-8-13)15-10-14(17-19(15)11-20)16-4-3-9-21-16/h3-11,15,17H,1-2H3. The van der Waals surface area contributed by atoms with Crippen LogP contribution in [0, 0.1) is 0 Å². The van der Waals surface area contributed by atoms with E-state index in [0.29, 0.717) is 0 Å². The number of rotatable bonds is 4. The number of amides is 1. The smallest absolute Gasteiger partial charge is 0.229 e. The van der Waals surface area contributed by atoms with Crippen LogP contribution >= 0.6 is 11.3 Å². The zero-order valence-electron chi connectivity index (χ0n) is 12.0. The lowest BCUT2D eigenvalue weighted by Crippen LogP contribution is -2.32. The molecule has 1 aromatic heterocycles. The molecular weight excluding hydrogens is 282 g/mol. The van der Waals surface area contributed by atoms with Gasteiger partial charge in [-0.15, -0.1) is 11.3 Å². The van der Waals surface area contributed by atoms with E-state index in [0.717, 1.165) is 28.2 Å². The molecule has 2 aromatic rings. The van der Waals surface area contributed by atoms with Crippen molar-refractivity contribution in [1.82, 2.24) is 10.4 Å². The molecule has 1 aliphatic heterocycles. The first kappa shape index (κ1) is 13.7. The highest BCUT2D eigenvalue weighted by Crippen LogP contribution is 2.32. The summed E-state index contributed by atoms with van der Waals surface area (Å²) >= 11 is 1.66. The number of nitrogens with zero attached hydrogens (tertiary/aromatic N) is 2. The molecule has 1 aliphatic rings. The Morgan fingerprint density at radius 1 is 1.24 bits per heavy atom. The first-order valence-corrected chi connectivity index (χ1v) is 7.60. The van der Waals surface area contributed by atoms with Gasteiger partial charge in [-0.25, -0.2) is 5.01 Å². The van der Waals surface area contributed by atoms with Crippen LogP contribution in [0.25, 0.3) is 5.70 Å². The minimum atomic E-state index is -0.0733. The molecule has 108 valence electrons. The van der Waals surface area contributed by atoms with E-state index in [4.69, 9.17) is 0 Å². The van der Waals surface area contributed by atoms with Crippen molar-refractivity contribution < 1.29 is 4.79 Å². The second kappa shape index (κ2) is 5.61. The van der Waals surface area contributed by atoms with Crippen LogP contribution in [-0.4, -0.2) is 25.5 Å². The van der Waals surface area contributed by atoms with Crippen LogP contribution in [0.1, 0.15) is 16.5 Å². The molecule has 1 atom stereocenters. The highest BCUT2D eigenvalue weighted by Gasteiger charge is 2.25. The van der Waals surface area contributed by atoms with Crippen LogP contribution in [0.5, 0.6) is 0 Å². The Hall–Kier alpha value is -2.27. The molecule has 0 radical (unpaired) electrons. The first-order valence-electron chi connectivity index (χ1n) is 6.72. The summed E-state index contributed by atoms with van der Waals surface area (Å²) in [5.41, 5.74) is 6.37. The number of hydrogen-bond donors (Lipinski definition) is 1. The zero-order chi connectivity index (χ0) is 14.8. The lowest BCUT2D eigenvalue weighted by molar-refractivity contribution is -0.120. The van der Waals surface area contributed by atoms with Crippen LogP contribution in [0.3, 0.4) is 0 Å². The van der Waals surface area contributed by atoms with E-state index in [2.05, 4.69) is 40.7 Å². The molecule has 0 spiro atoms. The quantitative estimate of drug-likeness (QED) is 0.882. The van der Waals surface area contributed by atoms with E-state index < -0.39 is 0 Å². The average molecular weight is 299 g/mol. The van der Waals surface area contributed by atoms with Crippen LogP contribution in [0.2, 0.25) is 0 Å². The number of nitrogens with one attached hydrogen (secondary N) is 1. The van der Waals surface area contributed by atoms with Crippen LogP contribution in [-0.2, 0) is 4.79 Å². The van der Waals surface area contributed by atoms with Gasteiger partial charge in [0.1, 0.15) is 0 Å². The molecule has 0 saturated carbocycles. The minimum Gasteiger partial charge on any atom is -0.378 e. The van der Waals surface area contributed by atoms with Gasteiger partial charge in [0, 0.05) is 19.8 Å². The monoisotopic (exact) mass is 299 g/mol. The summed E-state index contributed by atoms with van der Waals surface area (Å²) in [4.78, 5) is 14.5. The van der Waals surface area contributed by atoms with Crippen molar-refractivity contribution in [2.75, 3.05) is 19.0 Å². The Balaban J connectivity index is 1.90. The Morgan fingerprint density at radius 2 is 2.00 bits per heavy atom. The van der Waals surface area contributed by atoms with Gasteiger partial charge in [-0.2, -0.15) is 0 Å². The summed E-state index contributed by atoms with van der Waals surface area (Å²) in [6.45, 7) is 0. The van der Waals surface area contributed by atoms with Crippen LogP contribution in [0.4, 0.5) is 5.69 Å². The molecule has 1 unspecified atom stereocenters. The molecule has 1 N–H and O–H groups in total. The molecule has 21 heavy (non-hydrogen) atoms. The van der Waals surface area contributed by atoms with Crippen molar-refractivity contribution in [2.24, 2.45) is 0 Å². The maximum atomic E-state index is 11.3. The predicted octanol–water partition coefficient (Wildman–Crippen LogP) is 2.87. The number of hydrazine groups is 1. The molecule has 5 heteroatoms. The van der Waals surface area contributed by atoms with Crippen LogP contribution in [0.15, 0.2) is 47.9 Å². The Morgan fingerprint density at radius 3 is 2.57 bits per heavy atom. The zero-order valence-corrected chi connectivity index (χ0v) is 12.8. The topological polar surface area (TPSA) is 35.6 Å². The second-order valence-electron chi connectivity index (χ2n) is 5.11. The normalized spacial score (nSPS) is 17.3. The van der Waals surface area contributed by atoms with Crippen molar-refractivity contribution in [1.29, 1.82) is 0 Å². The van der Waals surface area contributed by atoms with Gasteiger partial charge in [-0.05, 0) is 35.2 Å². The van der Waals surface area contributed by atoms with E-state index in [-0.39, 0.29) is 6.04 Å². The molecule has 1 amide bonds. The predicted molar refractivity (Wildman–Crippen MR) is 86.8 cm³/mol. The van der Waals surface area contributed by atoms with Crippen molar-refractivity contribution in [3.63, 3.8) is 0 Å². The van der Waals surface area contributed by atoms with Gasteiger partial charge in [0.05, 0.1) is 16.6 Å². The summed E-state index contributed by atoms with van der Waals surface area (Å²) in [6, 6.07) is 12.2. The molecule has 2 heterocycles. The van der Waals surface area contributed by atoms with E-state index in [9.17, 15) is 4.79 Å². The fraction of sp³-hybridized carbons (Fsp3) is 0.188. The maximum Gasteiger partial charge on any atom is 0.229 e. The lowest BCUT2D eigenvalue weighted by Gasteiger charge is -2.21. The maximum absolute atomic E-state index is 11.3. The van der Waals surface area contributed by atoms with Crippen LogP contribution < -0.4 is 10.3 Å². The van der Waals surface area contributed by atoms with Crippen molar-refractivity contribution in [3.8, 4) is 0 Å². The third-order valence-corrected chi connectivity index (χ3v) is 4.43. The number of carbonyl (C=O) groups excluding carboxylic acids is 1. The molecule has 0 bridgehead atoms. The average Bonchev–Trinajstić information content (AvgIpc) is 3.16. The molecule has 0 saturated heterocycles. The molecule has 0 aliphatic carbocycles. The summed E-state index contributed by atoms with van der Waals surface area (Å²) in [5, 5.41) is 3.63. The lowest BCUT2D eigenvalue weighted by atomic mass is 10.1. The number of hydrogen-bond acceptors (Lipinski definition) is 4. The van der Waals surface area contributed by atoms with Crippen molar-refractivity contribution >= 4 is 29.1 Å². The third-order valence-electron chi connectivity index (χ3n) is 3.52. The van der Waals surface area contributed by atoms with Gasteiger partial charge >= 0.3 is 0 Å². The molecular formula is C16H17N3OS. The third kappa shape index (κ3) is 2.64. The van der Waals surface area contributed by atoms with Gasteiger partial charge in [0.25, 0.3) is 0 Å². The van der Waals surface area contributed by atoms with E-state index in [1.165, 1.54) is 0 Å². The summed E-state index contributed by atoms with van der Waals surface area (Å²) in [7, 11) is 4.03. The molecule has 4 nitrogen and oxygen atoms in total. The van der Waals surface area contributed by atoms with Gasteiger partial charge in [-0.1, -0.05) is 18.2 Å². The molecule has 0 fully saturated rings. The summed E-state index contributed by atoms with van der Waals surface area (Å²) < 4.78 is 0. The van der Waals surface area contributed by atoms with Gasteiger partial charge in [-0.3, -0.25) is 10.2 Å². The number of anilines is 1. The first-order chi connectivity index (χ1) is 10.2. The highest BCUT2D eigenvalue weighted by atomic mass is 32.1. The van der Waals surface area contributed by atoms with Crippen molar-refractivity contribution in [2.45, 2.75) is 6.04 Å². The Kier molecular flexibility index (Phi) is 3.66. The second-order valence-corrected chi connectivity index (χ2v) is 6.06. The van der Waals surface area contributed by atoms with Gasteiger partial charge in [0.2, 0.25) is 6.41 Å². The Labute approximate surface area is 128 Å². The Bertz CT molecular complexity index is 647. The number of carbonyl (C=O) groups is 1. The highest BCUT2D eigenvalue weighted by molar-refractivity contribution is 7.11.